The van der Waals surface area contributed by atoms with Gasteiger partial charge in [-0.1, -0.05) is 76.9 Å². The van der Waals surface area contributed by atoms with Crippen LogP contribution in [0.4, 0.5) is 11.6 Å². The largest absolute Gasteiger partial charge is 0.325 e. The van der Waals surface area contributed by atoms with E-state index in [1.165, 1.54) is 11.1 Å². The molecular weight excluding hydrogens is 424 g/mol. The molecule has 0 bridgehead atoms. The highest BCUT2D eigenvalue weighted by molar-refractivity contribution is 5.97. The number of amides is 1. The van der Waals surface area contributed by atoms with Gasteiger partial charge < -0.3 is 5.32 Å². The van der Waals surface area contributed by atoms with Crippen LogP contribution in [0.15, 0.2) is 78.9 Å². The smallest absolute Gasteiger partial charge is 0.251 e. The van der Waals surface area contributed by atoms with Gasteiger partial charge in [0.25, 0.3) is 5.95 Å². The number of aromatic nitrogens is 4. The molecule has 4 aromatic rings. The first-order valence-electron chi connectivity index (χ1n) is 11.3. The van der Waals surface area contributed by atoms with Crippen LogP contribution in [0, 0.1) is 20.8 Å². The molecular formula is C27H26N6O. The first-order chi connectivity index (χ1) is 16.5. The molecule has 0 saturated heterocycles. The molecule has 5 rings (SSSR count). The van der Waals surface area contributed by atoms with Crippen molar-refractivity contribution in [1.82, 2.24) is 20.2 Å². The number of rotatable bonds is 5. The van der Waals surface area contributed by atoms with Crippen molar-refractivity contribution >= 4 is 23.2 Å². The van der Waals surface area contributed by atoms with Gasteiger partial charge in [0.1, 0.15) is 12.6 Å². The molecule has 1 aromatic heterocycles. The fourth-order valence-corrected chi connectivity index (χ4v) is 4.16. The minimum atomic E-state index is -0.182. The zero-order valence-electron chi connectivity index (χ0n) is 19.4. The number of carbonyl (C=O) groups excluding carboxylic acids is 1. The highest BCUT2D eigenvalue weighted by atomic mass is 16.2. The first-order valence-corrected chi connectivity index (χ1v) is 11.3. The number of hydrogen-bond acceptors (Lipinski definition) is 5. The van der Waals surface area contributed by atoms with E-state index in [-0.39, 0.29) is 18.5 Å². The van der Waals surface area contributed by atoms with Crippen molar-refractivity contribution in [3.63, 3.8) is 0 Å². The number of carbonyl (C=O) groups is 1. The summed E-state index contributed by atoms with van der Waals surface area (Å²) in [5.74, 6) is 0.384. The Morgan fingerprint density at radius 3 is 2.32 bits per heavy atom. The van der Waals surface area contributed by atoms with Gasteiger partial charge in [0.2, 0.25) is 5.91 Å². The third-order valence-electron chi connectivity index (χ3n) is 5.96. The summed E-state index contributed by atoms with van der Waals surface area (Å²) in [5, 5.41) is 15.5. The molecule has 2 heterocycles. The van der Waals surface area contributed by atoms with Crippen LogP contribution >= 0.6 is 0 Å². The molecule has 170 valence electrons. The summed E-state index contributed by atoms with van der Waals surface area (Å²) in [5.41, 5.74) is 7.18. The van der Waals surface area contributed by atoms with E-state index in [2.05, 4.69) is 89.3 Å². The second-order valence-corrected chi connectivity index (χ2v) is 8.70. The van der Waals surface area contributed by atoms with Gasteiger partial charge in [-0.2, -0.15) is 4.68 Å². The fraction of sp³-hybridized carbons (Fsp3) is 0.185. The van der Waals surface area contributed by atoms with Crippen LogP contribution in [0.2, 0.25) is 0 Å². The van der Waals surface area contributed by atoms with Gasteiger partial charge in [-0.05, 0) is 66.1 Å². The van der Waals surface area contributed by atoms with Gasteiger partial charge in [-0.15, -0.1) is 0 Å². The average molecular weight is 451 g/mol. The molecule has 1 N–H and O–H groups in total. The number of tetrazole rings is 1. The Balaban J connectivity index is 1.54. The molecule has 0 saturated carbocycles. The monoisotopic (exact) mass is 450 g/mol. The summed E-state index contributed by atoms with van der Waals surface area (Å²) >= 11 is 0. The molecule has 34 heavy (non-hydrogen) atoms. The number of benzene rings is 3. The minimum absolute atomic E-state index is 0.0780. The number of fused-ring (bicyclic) bond motifs is 1. The van der Waals surface area contributed by atoms with Crippen LogP contribution in [-0.4, -0.2) is 32.7 Å². The maximum atomic E-state index is 13.1. The van der Waals surface area contributed by atoms with Gasteiger partial charge in [0.05, 0.1) is 5.70 Å². The van der Waals surface area contributed by atoms with E-state index in [9.17, 15) is 4.79 Å². The predicted octanol–water partition coefficient (Wildman–Crippen LogP) is 4.69. The summed E-state index contributed by atoms with van der Waals surface area (Å²) < 4.78 is 1.77. The molecule has 0 unspecified atom stereocenters. The quantitative estimate of drug-likeness (QED) is 0.478. The van der Waals surface area contributed by atoms with E-state index in [0.717, 1.165) is 28.1 Å². The number of hydrogen-bond donors (Lipinski definition) is 1. The highest BCUT2D eigenvalue weighted by Gasteiger charge is 2.32. The molecule has 0 radical (unpaired) electrons. The normalized spacial score (nSPS) is 15.0. The second kappa shape index (κ2) is 8.94. The van der Waals surface area contributed by atoms with E-state index in [0.29, 0.717) is 5.95 Å². The Kier molecular flexibility index (Phi) is 5.67. The van der Waals surface area contributed by atoms with E-state index in [4.69, 9.17) is 0 Å². The number of nitrogens with one attached hydrogen (secondary N) is 1. The lowest BCUT2D eigenvalue weighted by Gasteiger charge is -2.32. The van der Waals surface area contributed by atoms with Crippen LogP contribution in [0.25, 0.3) is 5.70 Å². The van der Waals surface area contributed by atoms with Gasteiger partial charge in [-0.3, -0.25) is 9.69 Å². The maximum Gasteiger partial charge on any atom is 0.251 e. The van der Waals surface area contributed by atoms with E-state index >= 15 is 0 Å². The Labute approximate surface area is 198 Å². The third-order valence-corrected chi connectivity index (χ3v) is 5.96. The number of allylic oxidation sites excluding steroid dienone is 1. The zero-order valence-corrected chi connectivity index (χ0v) is 19.4. The van der Waals surface area contributed by atoms with Crippen LogP contribution in [0.3, 0.4) is 0 Å². The fourth-order valence-electron chi connectivity index (χ4n) is 4.16. The molecule has 1 atom stereocenters. The Hall–Kier alpha value is -4.26. The average Bonchev–Trinajstić information content (AvgIpc) is 3.31. The van der Waals surface area contributed by atoms with Gasteiger partial charge >= 0.3 is 0 Å². The van der Waals surface area contributed by atoms with Crippen molar-refractivity contribution < 1.29 is 4.79 Å². The first kappa shape index (κ1) is 21.6. The molecule has 1 amide bonds. The van der Waals surface area contributed by atoms with Gasteiger partial charge in [0.15, 0.2) is 0 Å². The molecule has 7 nitrogen and oxygen atoms in total. The number of aryl methyl sites for hydroxylation is 3. The highest BCUT2D eigenvalue weighted by Crippen LogP contribution is 2.36. The standard InChI is InChI=1S/C27H26N6O/c1-18-7-11-21(12-8-18)24-16-25(22-13-9-19(2)10-14-22)33-27(29-30-31-33)32(24)17-26(34)28-23-6-4-5-20(3)15-23/h4-16,25H,17H2,1-3H3,(H,28,34)/t25-/m0/s1. The van der Waals surface area contributed by atoms with Crippen molar-refractivity contribution in [3.05, 3.63) is 107 Å². The lowest BCUT2D eigenvalue weighted by atomic mass is 9.99. The van der Waals surface area contributed by atoms with Crippen molar-refractivity contribution in [1.29, 1.82) is 0 Å². The summed E-state index contributed by atoms with van der Waals surface area (Å²) in [6.07, 6.45) is 2.12. The van der Waals surface area contributed by atoms with Crippen molar-refractivity contribution in [3.8, 4) is 0 Å². The SMILES string of the molecule is Cc1ccc(C2=C[C@@H](c3ccc(C)cc3)n3nnnc3N2CC(=O)Nc2cccc(C)c2)cc1. The summed E-state index contributed by atoms with van der Waals surface area (Å²) in [6.45, 7) is 6.20. The van der Waals surface area contributed by atoms with Crippen LogP contribution in [0.1, 0.15) is 33.9 Å². The molecule has 7 heteroatoms. The van der Waals surface area contributed by atoms with Gasteiger partial charge in [0, 0.05) is 5.69 Å². The molecule has 0 fully saturated rings. The van der Waals surface area contributed by atoms with E-state index in [1.54, 1.807) is 4.68 Å². The van der Waals surface area contributed by atoms with E-state index < -0.39 is 0 Å². The van der Waals surface area contributed by atoms with E-state index in [1.807, 2.05) is 36.1 Å². The molecule has 1 aliphatic heterocycles. The Morgan fingerprint density at radius 1 is 0.912 bits per heavy atom. The third kappa shape index (κ3) is 4.32. The maximum absolute atomic E-state index is 13.1. The van der Waals surface area contributed by atoms with Crippen molar-refractivity contribution in [2.75, 3.05) is 16.8 Å². The van der Waals surface area contributed by atoms with Crippen LogP contribution < -0.4 is 10.2 Å². The lowest BCUT2D eigenvalue weighted by molar-refractivity contribution is -0.114. The zero-order chi connectivity index (χ0) is 23.7. The Morgan fingerprint density at radius 2 is 1.62 bits per heavy atom. The van der Waals surface area contributed by atoms with Gasteiger partial charge in [-0.25, -0.2) is 0 Å². The summed E-state index contributed by atoms with van der Waals surface area (Å²) in [6, 6.07) is 24.2. The van der Waals surface area contributed by atoms with Crippen molar-refractivity contribution in [2.45, 2.75) is 26.8 Å². The molecule has 0 spiro atoms. The van der Waals surface area contributed by atoms with Crippen LogP contribution in [0.5, 0.6) is 0 Å². The predicted molar refractivity (Wildman–Crippen MR) is 133 cm³/mol. The van der Waals surface area contributed by atoms with Crippen molar-refractivity contribution in [2.24, 2.45) is 0 Å². The Bertz CT molecular complexity index is 1350. The summed E-state index contributed by atoms with van der Waals surface area (Å²) in [4.78, 5) is 15.0. The molecule has 3 aromatic carbocycles. The summed E-state index contributed by atoms with van der Waals surface area (Å²) in [7, 11) is 0. The van der Waals surface area contributed by atoms with Crippen LogP contribution in [-0.2, 0) is 4.79 Å². The topological polar surface area (TPSA) is 75.9 Å². The minimum Gasteiger partial charge on any atom is -0.325 e. The second-order valence-electron chi connectivity index (χ2n) is 8.70. The molecule has 0 aliphatic carbocycles. The lowest BCUT2D eigenvalue weighted by Crippen LogP contribution is -2.37. The number of anilines is 2. The molecule has 1 aliphatic rings. The number of nitrogens with zero attached hydrogens (tertiary/aromatic N) is 5.